The summed E-state index contributed by atoms with van der Waals surface area (Å²) in [6.45, 7) is 2.23. The highest BCUT2D eigenvalue weighted by molar-refractivity contribution is 6.33. The number of carbonyl (C=O) groups is 1. The number of aryl methyl sites for hydroxylation is 1. The molecule has 2 atom stereocenters. The molecule has 0 aliphatic heterocycles. The average molecular weight is 560 g/mol. The molecule has 4 aromatic rings. The van der Waals surface area contributed by atoms with Gasteiger partial charge < -0.3 is 14.4 Å². The topological polar surface area (TPSA) is 109 Å². The van der Waals surface area contributed by atoms with Gasteiger partial charge in [0.2, 0.25) is 0 Å². The van der Waals surface area contributed by atoms with E-state index >= 15 is 0 Å². The normalized spacial score (nSPS) is 19.9. The molecule has 2 fully saturated rings. The first kappa shape index (κ1) is 25.4. The smallest absolute Gasteiger partial charge is 0.337 e. The second-order valence-electron chi connectivity index (χ2n) is 10.2. The molecular formula is C30H23Cl2N3O4. The minimum Gasteiger partial charge on any atom is -0.489 e. The number of rotatable bonds is 8. The number of hydrogen-bond donors (Lipinski definition) is 1. The number of ether oxygens (including phenoxy) is 1. The van der Waals surface area contributed by atoms with Crippen LogP contribution in [0.3, 0.4) is 0 Å². The molecule has 2 aliphatic rings. The predicted octanol–water partition coefficient (Wildman–Crippen LogP) is 7.46. The number of hydrogen-bond acceptors (Lipinski definition) is 6. The van der Waals surface area contributed by atoms with E-state index in [4.69, 9.17) is 32.5 Å². The van der Waals surface area contributed by atoms with Gasteiger partial charge in [-0.2, -0.15) is 5.26 Å². The number of nitriles is 1. The Balaban J connectivity index is 1.25. The molecule has 2 aromatic carbocycles. The first-order valence-corrected chi connectivity index (χ1v) is 13.3. The molecule has 9 heteroatoms. The summed E-state index contributed by atoms with van der Waals surface area (Å²) in [5.41, 5.74) is 3.98. The van der Waals surface area contributed by atoms with Crippen LogP contribution in [0.5, 0.6) is 5.75 Å². The number of carboxylic acids is 1. The van der Waals surface area contributed by atoms with Crippen molar-refractivity contribution in [3.63, 3.8) is 0 Å². The number of aromatic nitrogens is 2. The average Bonchev–Trinajstić information content (AvgIpc) is 3.85. The summed E-state index contributed by atoms with van der Waals surface area (Å²) in [5, 5.41) is 24.8. The van der Waals surface area contributed by atoms with Crippen LogP contribution in [0.4, 0.5) is 0 Å². The van der Waals surface area contributed by atoms with Gasteiger partial charge in [-0.25, -0.2) is 4.79 Å². The lowest BCUT2D eigenvalue weighted by atomic mass is 9.92. The number of pyridine rings is 1. The Morgan fingerprint density at radius 1 is 1.21 bits per heavy atom. The van der Waals surface area contributed by atoms with Crippen LogP contribution in [-0.4, -0.2) is 21.2 Å². The largest absolute Gasteiger partial charge is 0.489 e. The van der Waals surface area contributed by atoms with E-state index in [0.29, 0.717) is 39.4 Å². The van der Waals surface area contributed by atoms with E-state index in [9.17, 15) is 15.2 Å². The fourth-order valence-corrected chi connectivity index (χ4v) is 5.85. The summed E-state index contributed by atoms with van der Waals surface area (Å²) in [7, 11) is 0. The third kappa shape index (κ3) is 4.54. The van der Waals surface area contributed by atoms with Crippen molar-refractivity contribution in [2.24, 2.45) is 0 Å². The van der Waals surface area contributed by atoms with Crippen LogP contribution in [0.2, 0.25) is 10.0 Å². The number of halogens is 2. The molecule has 0 saturated heterocycles. The van der Waals surface area contributed by atoms with Crippen LogP contribution in [0.15, 0.2) is 59.4 Å². The van der Waals surface area contributed by atoms with Crippen LogP contribution in [-0.2, 0) is 12.0 Å². The zero-order valence-electron chi connectivity index (χ0n) is 20.9. The van der Waals surface area contributed by atoms with E-state index in [0.717, 1.165) is 40.9 Å². The number of benzene rings is 2. The summed E-state index contributed by atoms with van der Waals surface area (Å²) >= 11 is 13.2. The van der Waals surface area contributed by atoms with Crippen LogP contribution in [0.25, 0.3) is 11.3 Å². The maximum absolute atomic E-state index is 11.4. The molecular weight excluding hydrogens is 537 g/mol. The van der Waals surface area contributed by atoms with Gasteiger partial charge in [-0.15, -0.1) is 0 Å². The van der Waals surface area contributed by atoms with Gasteiger partial charge in [0.1, 0.15) is 23.8 Å². The van der Waals surface area contributed by atoms with Crippen molar-refractivity contribution in [2.45, 2.75) is 50.0 Å². The van der Waals surface area contributed by atoms with Gasteiger partial charge in [0.25, 0.3) is 0 Å². The van der Waals surface area contributed by atoms with Gasteiger partial charge in [-0.3, -0.25) is 4.98 Å². The molecule has 6 rings (SSSR count). The molecule has 2 aromatic heterocycles. The van der Waals surface area contributed by atoms with E-state index in [1.807, 2.05) is 37.3 Å². The third-order valence-corrected chi connectivity index (χ3v) is 8.26. The Morgan fingerprint density at radius 3 is 2.72 bits per heavy atom. The fraction of sp³-hybridized carbons (Fsp3) is 0.267. The highest BCUT2D eigenvalue weighted by Gasteiger charge is 2.58. The third-order valence-electron chi connectivity index (χ3n) is 7.62. The monoisotopic (exact) mass is 559 g/mol. The van der Waals surface area contributed by atoms with Gasteiger partial charge >= 0.3 is 5.97 Å². The van der Waals surface area contributed by atoms with Crippen LogP contribution in [0, 0.1) is 18.3 Å². The molecule has 0 bridgehead atoms. The Kier molecular flexibility index (Phi) is 6.33. The summed E-state index contributed by atoms with van der Waals surface area (Å²) in [6.07, 6.45) is 5.46. The standard InChI is InChI=1S/C30H23Cl2N3O4/c1-16-3-2-4-24(31)26(16)27-22(28(39-35-27)17-5-6-17)14-38-20-7-8-21(25(32)10-20)23-11-30(23,15-33)19-9-18(29(36)37)12-34-13-19/h2-4,7-10,12-13,17,23H,5-6,11,14H2,1H3,(H,36,37). The van der Waals surface area contributed by atoms with E-state index in [1.54, 1.807) is 12.3 Å². The second-order valence-corrected chi connectivity index (χ2v) is 11.0. The molecule has 2 heterocycles. The van der Waals surface area contributed by atoms with E-state index in [1.165, 1.54) is 12.3 Å². The Labute approximate surface area is 234 Å². The Hall–Kier alpha value is -3.86. The molecule has 39 heavy (non-hydrogen) atoms. The van der Waals surface area contributed by atoms with Gasteiger partial charge in [-0.1, -0.05) is 46.6 Å². The lowest BCUT2D eigenvalue weighted by Crippen LogP contribution is -2.09. The number of nitrogens with zero attached hydrogens (tertiary/aromatic N) is 3. The second kappa shape index (κ2) is 9.71. The van der Waals surface area contributed by atoms with E-state index in [2.05, 4.69) is 16.2 Å². The maximum atomic E-state index is 11.4. The van der Waals surface area contributed by atoms with Gasteiger partial charge in [-0.05, 0) is 67.1 Å². The SMILES string of the molecule is Cc1cccc(Cl)c1-c1noc(C2CC2)c1COc1ccc(C2CC2(C#N)c2cncc(C(=O)O)c2)c(Cl)c1. The highest BCUT2D eigenvalue weighted by atomic mass is 35.5. The van der Waals surface area contributed by atoms with Gasteiger partial charge in [0, 0.05) is 34.8 Å². The summed E-state index contributed by atoms with van der Waals surface area (Å²) in [6, 6.07) is 15.1. The van der Waals surface area contributed by atoms with Crippen molar-refractivity contribution in [1.82, 2.24) is 10.1 Å². The minimum atomic E-state index is -1.08. The van der Waals surface area contributed by atoms with Crippen molar-refractivity contribution in [3.8, 4) is 23.1 Å². The van der Waals surface area contributed by atoms with Gasteiger partial charge in [0.15, 0.2) is 0 Å². The van der Waals surface area contributed by atoms with E-state index in [-0.39, 0.29) is 18.1 Å². The van der Waals surface area contributed by atoms with Crippen molar-refractivity contribution in [1.29, 1.82) is 5.26 Å². The van der Waals surface area contributed by atoms with Crippen LogP contribution in [0.1, 0.15) is 69.5 Å². The molecule has 0 amide bonds. The summed E-state index contributed by atoms with van der Waals surface area (Å²) < 4.78 is 12.0. The lowest BCUT2D eigenvalue weighted by Gasteiger charge is -2.13. The highest BCUT2D eigenvalue weighted by Crippen LogP contribution is 2.61. The molecule has 7 nitrogen and oxygen atoms in total. The first-order valence-electron chi connectivity index (χ1n) is 12.6. The first-order chi connectivity index (χ1) is 18.8. The fourth-order valence-electron chi connectivity index (χ4n) is 5.24. The molecule has 2 unspecified atom stereocenters. The number of aromatic carboxylic acids is 1. The molecule has 0 spiro atoms. The summed E-state index contributed by atoms with van der Waals surface area (Å²) in [4.78, 5) is 15.4. The quantitative estimate of drug-likeness (QED) is 0.238. The Morgan fingerprint density at radius 2 is 2.03 bits per heavy atom. The Bertz CT molecular complexity index is 1640. The van der Waals surface area contributed by atoms with Crippen molar-refractivity contribution >= 4 is 29.2 Å². The van der Waals surface area contributed by atoms with E-state index < -0.39 is 11.4 Å². The van der Waals surface area contributed by atoms with Crippen molar-refractivity contribution in [3.05, 3.63) is 98.5 Å². The number of carboxylic acid groups (broad SMARTS) is 1. The van der Waals surface area contributed by atoms with Crippen molar-refractivity contribution < 1.29 is 19.2 Å². The minimum absolute atomic E-state index is 0.0493. The predicted molar refractivity (Wildman–Crippen MR) is 145 cm³/mol. The van der Waals surface area contributed by atoms with Crippen molar-refractivity contribution in [2.75, 3.05) is 0 Å². The lowest BCUT2D eigenvalue weighted by molar-refractivity contribution is 0.0696. The molecule has 0 radical (unpaired) electrons. The zero-order chi connectivity index (χ0) is 27.3. The van der Waals surface area contributed by atoms with Crippen LogP contribution < -0.4 is 4.74 Å². The molecule has 196 valence electrons. The van der Waals surface area contributed by atoms with Crippen LogP contribution >= 0.6 is 23.2 Å². The maximum Gasteiger partial charge on any atom is 0.337 e. The van der Waals surface area contributed by atoms with Gasteiger partial charge in [0.05, 0.1) is 27.6 Å². The molecule has 2 aliphatic carbocycles. The summed E-state index contributed by atoms with van der Waals surface area (Å²) in [5.74, 6) is 0.484. The molecule has 2 saturated carbocycles. The zero-order valence-corrected chi connectivity index (χ0v) is 22.5. The molecule has 1 N–H and O–H groups in total.